The minimum Gasteiger partial charge on any atom is -0.455 e. The minimum atomic E-state index is -0.556. The summed E-state index contributed by atoms with van der Waals surface area (Å²) in [5, 5.41) is 0. The molecule has 1 atom stereocenters. The average molecular weight is 296 g/mol. The van der Waals surface area contributed by atoms with E-state index in [4.69, 9.17) is 10.5 Å². The fourth-order valence-corrected chi connectivity index (χ4v) is 3.20. The van der Waals surface area contributed by atoms with Gasteiger partial charge in [0, 0.05) is 6.54 Å². The summed E-state index contributed by atoms with van der Waals surface area (Å²) in [6, 6.07) is -0.556. The number of primary amides is 1. The molecule has 21 heavy (non-hydrogen) atoms. The molecule has 2 amide bonds. The summed E-state index contributed by atoms with van der Waals surface area (Å²) in [5.74, 6) is -1.15. The van der Waals surface area contributed by atoms with E-state index < -0.39 is 11.9 Å². The first-order valence-corrected chi connectivity index (χ1v) is 7.85. The number of carbonyl (C=O) groups is 3. The van der Waals surface area contributed by atoms with Gasteiger partial charge in [-0.3, -0.25) is 14.4 Å². The predicted molar refractivity (Wildman–Crippen MR) is 76.1 cm³/mol. The maximum Gasteiger partial charge on any atom is 0.309 e. The lowest BCUT2D eigenvalue weighted by Crippen LogP contribution is -2.51. The van der Waals surface area contributed by atoms with E-state index in [-0.39, 0.29) is 24.4 Å². The van der Waals surface area contributed by atoms with Crippen molar-refractivity contribution in [2.24, 2.45) is 11.7 Å². The van der Waals surface area contributed by atoms with Crippen molar-refractivity contribution >= 4 is 17.8 Å². The van der Waals surface area contributed by atoms with Crippen LogP contribution in [-0.4, -0.2) is 41.9 Å². The Hall–Kier alpha value is -1.59. The molecule has 0 aromatic carbocycles. The second-order valence-electron chi connectivity index (χ2n) is 5.94. The number of nitrogens with zero attached hydrogens (tertiary/aromatic N) is 1. The van der Waals surface area contributed by atoms with Gasteiger partial charge in [0.25, 0.3) is 5.91 Å². The first-order chi connectivity index (χ1) is 10.1. The lowest BCUT2D eigenvalue weighted by Gasteiger charge is -2.33. The standard InChI is InChI=1S/C15H24N2O4/c16-14(19)12-8-4-5-9-17(12)13(18)10-21-15(20)11-6-2-1-3-7-11/h11-12H,1-10H2,(H2,16,19)/t12-/m0/s1. The molecule has 1 aliphatic carbocycles. The number of nitrogens with two attached hydrogens (primary N) is 1. The van der Waals surface area contributed by atoms with E-state index in [2.05, 4.69) is 0 Å². The summed E-state index contributed by atoms with van der Waals surface area (Å²) >= 11 is 0. The molecule has 2 N–H and O–H groups in total. The number of ether oxygens (including phenoxy) is 1. The van der Waals surface area contributed by atoms with Crippen molar-refractivity contribution in [2.45, 2.75) is 57.4 Å². The number of hydrogen-bond donors (Lipinski definition) is 1. The summed E-state index contributed by atoms with van der Waals surface area (Å²) in [5.41, 5.74) is 5.33. The number of carbonyl (C=O) groups excluding carboxylic acids is 3. The van der Waals surface area contributed by atoms with Crippen LogP contribution in [0.1, 0.15) is 51.4 Å². The normalized spacial score (nSPS) is 23.6. The predicted octanol–water partition coefficient (Wildman–Crippen LogP) is 0.976. The largest absolute Gasteiger partial charge is 0.455 e. The maximum atomic E-state index is 12.1. The molecule has 2 aliphatic rings. The molecule has 6 heteroatoms. The molecule has 1 saturated heterocycles. The lowest BCUT2D eigenvalue weighted by atomic mass is 9.89. The zero-order chi connectivity index (χ0) is 15.2. The van der Waals surface area contributed by atoms with Crippen molar-refractivity contribution in [1.82, 2.24) is 4.90 Å². The van der Waals surface area contributed by atoms with Crippen LogP contribution in [0.3, 0.4) is 0 Å². The van der Waals surface area contributed by atoms with Crippen LogP contribution in [0.2, 0.25) is 0 Å². The van der Waals surface area contributed by atoms with Gasteiger partial charge >= 0.3 is 5.97 Å². The Morgan fingerprint density at radius 3 is 2.33 bits per heavy atom. The topological polar surface area (TPSA) is 89.7 Å². The Morgan fingerprint density at radius 2 is 1.67 bits per heavy atom. The van der Waals surface area contributed by atoms with E-state index in [0.717, 1.165) is 44.9 Å². The van der Waals surface area contributed by atoms with Crippen LogP contribution in [-0.2, 0) is 19.1 Å². The number of amides is 2. The van der Waals surface area contributed by atoms with Crippen molar-refractivity contribution in [1.29, 1.82) is 0 Å². The van der Waals surface area contributed by atoms with Gasteiger partial charge in [-0.15, -0.1) is 0 Å². The van der Waals surface area contributed by atoms with Crippen molar-refractivity contribution in [3.8, 4) is 0 Å². The van der Waals surface area contributed by atoms with E-state index in [1.807, 2.05) is 0 Å². The van der Waals surface area contributed by atoms with Crippen LogP contribution < -0.4 is 5.73 Å². The third-order valence-corrected chi connectivity index (χ3v) is 4.43. The lowest BCUT2D eigenvalue weighted by molar-refractivity contribution is -0.158. The number of rotatable bonds is 4. The molecule has 0 radical (unpaired) electrons. The Bertz CT molecular complexity index is 404. The Kier molecular flexibility index (Phi) is 5.59. The molecule has 0 aromatic heterocycles. The van der Waals surface area contributed by atoms with Gasteiger partial charge in [0.1, 0.15) is 6.04 Å². The monoisotopic (exact) mass is 296 g/mol. The molecular formula is C15H24N2O4. The summed E-state index contributed by atoms with van der Waals surface area (Å²) in [7, 11) is 0. The van der Waals surface area contributed by atoms with E-state index in [0.29, 0.717) is 13.0 Å². The smallest absolute Gasteiger partial charge is 0.309 e. The second kappa shape index (κ2) is 7.43. The molecule has 1 aliphatic heterocycles. The molecule has 0 spiro atoms. The Balaban J connectivity index is 1.82. The highest BCUT2D eigenvalue weighted by molar-refractivity contribution is 5.88. The Labute approximate surface area is 125 Å². The molecule has 2 rings (SSSR count). The minimum absolute atomic E-state index is 0.0696. The summed E-state index contributed by atoms with van der Waals surface area (Å²) in [6.07, 6.45) is 7.29. The SMILES string of the molecule is NC(=O)[C@@H]1CCCCN1C(=O)COC(=O)C1CCCCC1. The summed E-state index contributed by atoms with van der Waals surface area (Å²) < 4.78 is 5.14. The number of likely N-dealkylation sites (tertiary alicyclic amines) is 1. The highest BCUT2D eigenvalue weighted by atomic mass is 16.5. The van der Waals surface area contributed by atoms with Crippen molar-refractivity contribution in [2.75, 3.05) is 13.2 Å². The van der Waals surface area contributed by atoms with E-state index >= 15 is 0 Å². The molecule has 0 bridgehead atoms. The van der Waals surface area contributed by atoms with Crippen LogP contribution in [0.4, 0.5) is 0 Å². The number of piperidine rings is 1. The second-order valence-corrected chi connectivity index (χ2v) is 5.94. The average Bonchev–Trinajstić information content (AvgIpc) is 2.53. The molecule has 118 valence electrons. The van der Waals surface area contributed by atoms with Gasteiger partial charge in [0.15, 0.2) is 6.61 Å². The van der Waals surface area contributed by atoms with Gasteiger partial charge in [-0.25, -0.2) is 0 Å². The van der Waals surface area contributed by atoms with Crippen LogP contribution in [0, 0.1) is 5.92 Å². The summed E-state index contributed by atoms with van der Waals surface area (Å²) in [4.78, 5) is 36.9. The highest BCUT2D eigenvalue weighted by Crippen LogP contribution is 2.24. The number of esters is 1. The molecular weight excluding hydrogens is 272 g/mol. The van der Waals surface area contributed by atoms with Gasteiger partial charge < -0.3 is 15.4 Å². The zero-order valence-corrected chi connectivity index (χ0v) is 12.4. The quantitative estimate of drug-likeness (QED) is 0.783. The van der Waals surface area contributed by atoms with Gasteiger partial charge in [-0.2, -0.15) is 0 Å². The van der Waals surface area contributed by atoms with Crippen molar-refractivity contribution in [3.63, 3.8) is 0 Å². The van der Waals surface area contributed by atoms with Gasteiger partial charge in [0.05, 0.1) is 5.92 Å². The first kappa shape index (κ1) is 15.8. The fourth-order valence-electron chi connectivity index (χ4n) is 3.20. The van der Waals surface area contributed by atoms with E-state index in [9.17, 15) is 14.4 Å². The van der Waals surface area contributed by atoms with Crippen LogP contribution >= 0.6 is 0 Å². The van der Waals surface area contributed by atoms with E-state index in [1.54, 1.807) is 0 Å². The summed E-state index contributed by atoms with van der Waals surface area (Å²) in [6.45, 7) is 0.229. The number of hydrogen-bond acceptors (Lipinski definition) is 4. The molecule has 0 unspecified atom stereocenters. The maximum absolute atomic E-state index is 12.1. The molecule has 1 heterocycles. The first-order valence-electron chi connectivity index (χ1n) is 7.85. The highest BCUT2D eigenvalue weighted by Gasteiger charge is 2.31. The van der Waals surface area contributed by atoms with Gasteiger partial charge in [-0.1, -0.05) is 19.3 Å². The van der Waals surface area contributed by atoms with Crippen molar-refractivity contribution in [3.05, 3.63) is 0 Å². The van der Waals surface area contributed by atoms with Crippen molar-refractivity contribution < 1.29 is 19.1 Å². The zero-order valence-electron chi connectivity index (χ0n) is 12.4. The Morgan fingerprint density at radius 1 is 1.00 bits per heavy atom. The third kappa shape index (κ3) is 4.19. The van der Waals surface area contributed by atoms with E-state index in [1.165, 1.54) is 4.90 Å². The van der Waals surface area contributed by atoms with Crippen LogP contribution in [0.15, 0.2) is 0 Å². The molecule has 0 aromatic rings. The fraction of sp³-hybridized carbons (Fsp3) is 0.800. The van der Waals surface area contributed by atoms with Crippen LogP contribution in [0.25, 0.3) is 0 Å². The molecule has 1 saturated carbocycles. The van der Waals surface area contributed by atoms with Gasteiger partial charge in [0.2, 0.25) is 5.91 Å². The van der Waals surface area contributed by atoms with Gasteiger partial charge in [-0.05, 0) is 32.1 Å². The molecule has 6 nitrogen and oxygen atoms in total. The van der Waals surface area contributed by atoms with Crippen LogP contribution in [0.5, 0.6) is 0 Å². The third-order valence-electron chi connectivity index (χ3n) is 4.43. The molecule has 2 fully saturated rings.